The van der Waals surface area contributed by atoms with Crippen molar-refractivity contribution >= 4 is 20.2 Å². The van der Waals surface area contributed by atoms with Gasteiger partial charge in [0.25, 0.3) is 0 Å². The minimum absolute atomic E-state index is 0.242. The molecule has 0 unspecified atom stereocenters. The molecular weight excluding hydrogens is 416 g/mol. The Labute approximate surface area is 173 Å². The van der Waals surface area contributed by atoms with E-state index in [-0.39, 0.29) is 24.3 Å². The first kappa shape index (κ1) is 26.6. The molecule has 0 aliphatic heterocycles. The average Bonchev–Trinajstić information content (AvgIpc) is 2.66. The van der Waals surface area contributed by atoms with E-state index >= 15 is 0 Å². The Morgan fingerprint density at radius 1 is 0.655 bits per heavy atom. The fraction of sp³-hybridized carbons (Fsp3) is 0.263. The fourth-order valence-electron chi connectivity index (χ4n) is 1.70. The molecule has 160 valence electrons. The first-order chi connectivity index (χ1) is 13.6. The van der Waals surface area contributed by atoms with Gasteiger partial charge in [0.2, 0.25) is 0 Å². The van der Waals surface area contributed by atoms with Gasteiger partial charge >= 0.3 is 6.67 Å². The van der Waals surface area contributed by atoms with Gasteiger partial charge in [-0.3, -0.25) is 0 Å². The van der Waals surface area contributed by atoms with Crippen LogP contribution in [0.1, 0.15) is 12.8 Å². The maximum Gasteiger partial charge on any atom is 0.343 e. The van der Waals surface area contributed by atoms with E-state index in [4.69, 9.17) is 0 Å². The second kappa shape index (κ2) is 14.6. The van der Waals surface area contributed by atoms with Crippen molar-refractivity contribution in [2.24, 2.45) is 0 Å². The third-order valence-electron chi connectivity index (χ3n) is 3.03. The number of pyridine rings is 2. The van der Waals surface area contributed by atoms with Crippen LogP contribution in [0.2, 0.25) is 0 Å². The van der Waals surface area contributed by atoms with Gasteiger partial charge in [-0.25, -0.2) is 16.8 Å². The molecule has 2 heterocycles. The quantitative estimate of drug-likeness (QED) is 0.341. The predicted octanol–water partition coefficient (Wildman–Crippen LogP) is 0.983. The van der Waals surface area contributed by atoms with E-state index in [0.29, 0.717) is 0 Å². The highest BCUT2D eigenvalue weighted by molar-refractivity contribution is 7.85. The molecule has 0 fully saturated rings. The molecule has 0 aromatic carbocycles. The van der Waals surface area contributed by atoms with E-state index in [1.807, 2.05) is 36.4 Å². The molecule has 0 aliphatic carbocycles. The summed E-state index contributed by atoms with van der Waals surface area (Å²) in [7, 11) is -8.02. The molecule has 0 aliphatic rings. The van der Waals surface area contributed by atoms with Crippen molar-refractivity contribution in [3.63, 3.8) is 0 Å². The van der Waals surface area contributed by atoms with E-state index in [1.54, 1.807) is 0 Å². The maximum atomic E-state index is 9.79. The van der Waals surface area contributed by atoms with Crippen LogP contribution >= 0.6 is 0 Å². The molecular formula is C19H26N2O6S2. The van der Waals surface area contributed by atoms with Crippen LogP contribution in [0.4, 0.5) is 0 Å². The summed E-state index contributed by atoms with van der Waals surface area (Å²) in [6.45, 7) is 7.38. The zero-order valence-electron chi connectivity index (χ0n) is 16.0. The largest absolute Gasteiger partial charge is 0.748 e. The van der Waals surface area contributed by atoms with Crippen molar-refractivity contribution < 1.29 is 35.1 Å². The average molecular weight is 443 g/mol. The zero-order chi connectivity index (χ0) is 22.2. The molecule has 8 nitrogen and oxygen atoms in total. The number of rotatable bonds is 8. The number of aromatic nitrogens is 2. The van der Waals surface area contributed by atoms with Gasteiger partial charge in [-0.2, -0.15) is 0 Å². The lowest BCUT2D eigenvalue weighted by molar-refractivity contribution is -0.913. The first-order valence-electron chi connectivity index (χ1n) is 8.54. The van der Waals surface area contributed by atoms with Gasteiger partial charge in [-0.15, -0.1) is 22.3 Å². The van der Waals surface area contributed by atoms with Crippen molar-refractivity contribution in [1.82, 2.24) is 0 Å². The van der Waals surface area contributed by atoms with Crippen LogP contribution in [0.5, 0.6) is 0 Å². The third-order valence-corrected chi connectivity index (χ3v) is 4.50. The van der Waals surface area contributed by atoms with E-state index in [2.05, 4.69) is 47.1 Å². The van der Waals surface area contributed by atoms with Gasteiger partial charge in [-0.05, 0) is 12.8 Å². The molecule has 0 saturated carbocycles. The lowest BCUT2D eigenvalue weighted by atomic mass is 10.5. The molecule has 2 aromatic rings. The van der Waals surface area contributed by atoms with Gasteiger partial charge in [0, 0.05) is 35.8 Å². The van der Waals surface area contributed by atoms with Crippen molar-refractivity contribution in [3.05, 3.63) is 86.5 Å². The number of nitrogens with zero attached hydrogens (tertiary/aromatic N) is 2. The monoisotopic (exact) mass is 442 g/mol. The molecule has 29 heavy (non-hydrogen) atoms. The summed E-state index contributed by atoms with van der Waals surface area (Å²) < 4.78 is 63.0. The van der Waals surface area contributed by atoms with Crippen LogP contribution in [-0.2, 0) is 26.9 Å². The number of hydrogen-bond acceptors (Lipinski definition) is 6. The van der Waals surface area contributed by atoms with Gasteiger partial charge in [0.15, 0.2) is 24.8 Å². The molecule has 0 bridgehead atoms. The molecule has 0 atom stereocenters. The number of allylic oxidation sites excluding steroid dienone is 2. The zero-order valence-corrected chi connectivity index (χ0v) is 17.7. The van der Waals surface area contributed by atoms with Crippen molar-refractivity contribution in [2.45, 2.75) is 19.5 Å². The summed E-state index contributed by atoms with van der Waals surface area (Å²) in [4.78, 5) is 0. The predicted molar refractivity (Wildman–Crippen MR) is 107 cm³/mol. The van der Waals surface area contributed by atoms with Crippen molar-refractivity contribution in [3.8, 4) is 0 Å². The summed E-state index contributed by atoms with van der Waals surface area (Å²) >= 11 is 0. The summed E-state index contributed by atoms with van der Waals surface area (Å²) in [5, 5.41) is 0. The van der Waals surface area contributed by atoms with Gasteiger partial charge in [-0.1, -0.05) is 24.3 Å². The topological polar surface area (TPSA) is 122 Å². The Hall–Kier alpha value is -2.40. The second-order valence-electron chi connectivity index (χ2n) is 5.60. The van der Waals surface area contributed by atoms with E-state index in [1.165, 1.54) is 12.2 Å². The SMILES string of the molecule is C=CCCS(=O)(=O)[O-].C=CCCS(=O)(=O)[O-].c1cc[n+](C[n+]2ccccc2)cc1. The summed E-state index contributed by atoms with van der Waals surface area (Å²) in [5.41, 5.74) is 0. The van der Waals surface area contributed by atoms with Crippen LogP contribution < -0.4 is 9.13 Å². The first-order valence-corrected chi connectivity index (χ1v) is 11.7. The minimum atomic E-state index is -4.01. The summed E-state index contributed by atoms with van der Waals surface area (Å²) in [5.74, 6) is -0.674. The third kappa shape index (κ3) is 18.7. The molecule has 0 N–H and O–H groups in total. The lowest BCUT2D eigenvalue weighted by Gasteiger charge is -2.01. The standard InChI is InChI=1S/C11H12N2.2C4H8O3S/c1-3-7-12(8-4-1)11-13-9-5-2-6-10-13;2*1-2-3-4-8(5,6)7/h1-10H,11H2;2*2H,1,3-4H2,(H,5,6,7)/q+2;;/p-2. The Balaban J connectivity index is 0.000000432. The van der Waals surface area contributed by atoms with Gasteiger partial charge in [0.1, 0.15) is 0 Å². The van der Waals surface area contributed by atoms with Crippen molar-refractivity contribution in [2.75, 3.05) is 11.5 Å². The Bertz CT molecular complexity index is 838. The molecule has 10 heteroatoms. The van der Waals surface area contributed by atoms with Crippen LogP contribution in [0, 0.1) is 0 Å². The molecule has 2 aromatic heterocycles. The van der Waals surface area contributed by atoms with Gasteiger partial charge < -0.3 is 9.11 Å². The normalized spacial score (nSPS) is 10.6. The highest BCUT2D eigenvalue weighted by Gasteiger charge is 2.03. The van der Waals surface area contributed by atoms with Crippen LogP contribution in [-0.4, -0.2) is 37.4 Å². The van der Waals surface area contributed by atoms with Crippen LogP contribution in [0.25, 0.3) is 0 Å². The van der Waals surface area contributed by atoms with Crippen molar-refractivity contribution in [1.29, 1.82) is 0 Å². The minimum Gasteiger partial charge on any atom is -0.748 e. The highest BCUT2D eigenvalue weighted by atomic mass is 32.2. The molecule has 0 radical (unpaired) electrons. The smallest absolute Gasteiger partial charge is 0.343 e. The van der Waals surface area contributed by atoms with E-state index < -0.39 is 20.2 Å². The van der Waals surface area contributed by atoms with Crippen LogP contribution in [0.15, 0.2) is 86.5 Å². The Morgan fingerprint density at radius 3 is 1.17 bits per heavy atom. The fourth-order valence-corrected chi connectivity index (χ4v) is 2.61. The number of hydrogen-bond donors (Lipinski definition) is 0. The van der Waals surface area contributed by atoms with E-state index in [0.717, 1.165) is 6.67 Å². The van der Waals surface area contributed by atoms with Crippen LogP contribution in [0.3, 0.4) is 0 Å². The second-order valence-corrected chi connectivity index (χ2v) is 8.65. The Morgan fingerprint density at radius 2 is 0.966 bits per heavy atom. The molecule has 2 rings (SSSR count). The Kier molecular flexibility index (Phi) is 13.4. The van der Waals surface area contributed by atoms with E-state index in [9.17, 15) is 25.9 Å². The summed E-state index contributed by atoms with van der Waals surface area (Å²) in [6.07, 6.45) is 11.5. The molecule has 0 saturated heterocycles. The summed E-state index contributed by atoms with van der Waals surface area (Å²) in [6, 6.07) is 12.2. The highest BCUT2D eigenvalue weighted by Crippen LogP contribution is 1.87. The lowest BCUT2D eigenvalue weighted by Crippen LogP contribution is -2.50. The van der Waals surface area contributed by atoms with Gasteiger partial charge in [0.05, 0.1) is 20.2 Å². The molecule has 0 amide bonds. The maximum absolute atomic E-state index is 9.79. The molecule has 0 spiro atoms.